The molecule has 0 saturated carbocycles. The van der Waals surface area contributed by atoms with E-state index in [1.165, 1.54) is 0 Å². The van der Waals surface area contributed by atoms with Gasteiger partial charge in [0.2, 0.25) is 0 Å². The van der Waals surface area contributed by atoms with E-state index in [0.717, 1.165) is 0 Å². The van der Waals surface area contributed by atoms with Crippen LogP contribution < -0.4 is 0 Å². The van der Waals surface area contributed by atoms with Crippen molar-refractivity contribution in [2.24, 2.45) is 5.41 Å². The number of aliphatic hydroxyl groups is 1. The van der Waals surface area contributed by atoms with Crippen molar-refractivity contribution < 1.29 is 9.90 Å². The Bertz CT molecular complexity index is 657. The Kier molecular flexibility index (Phi) is 4.67. The van der Waals surface area contributed by atoms with Crippen molar-refractivity contribution in [2.45, 2.75) is 26.4 Å². The fourth-order valence-corrected chi connectivity index (χ4v) is 2.99. The molecule has 0 amide bonds. The van der Waals surface area contributed by atoms with Gasteiger partial charge in [0.25, 0.3) is 0 Å². The van der Waals surface area contributed by atoms with Gasteiger partial charge in [-0.2, -0.15) is 0 Å². The molecule has 0 saturated heterocycles. The van der Waals surface area contributed by atoms with E-state index in [2.05, 4.69) is 0 Å². The Morgan fingerprint density at radius 1 is 0.864 bits per heavy atom. The normalized spacial score (nSPS) is 12.3. The van der Waals surface area contributed by atoms with Gasteiger partial charge in [-0.15, -0.1) is 0 Å². The third-order valence-corrected chi connectivity index (χ3v) is 4.20. The highest BCUT2D eigenvalue weighted by atomic mass is 35.5. The minimum absolute atomic E-state index is 0.322. The van der Waals surface area contributed by atoms with Crippen LogP contribution in [0.2, 0.25) is 10.0 Å². The van der Waals surface area contributed by atoms with Gasteiger partial charge in [-0.3, -0.25) is 4.79 Å². The zero-order valence-electron chi connectivity index (χ0n) is 12.7. The molecule has 2 aromatic rings. The highest BCUT2D eigenvalue weighted by Gasteiger charge is 2.47. The van der Waals surface area contributed by atoms with E-state index in [-0.39, 0.29) is 5.78 Å². The molecule has 1 N–H and O–H groups in total. The standard InChI is InChI=1S/C18H18Cl2O2/c1-17(2,3)16(21)18(22,12-8-4-6-10-14(12)19)13-9-5-7-11-15(13)20/h4-11,22H,1-3H3. The van der Waals surface area contributed by atoms with Gasteiger partial charge in [0.05, 0.1) is 0 Å². The second-order valence-electron chi connectivity index (χ2n) is 6.25. The SMILES string of the molecule is CC(C)(C)C(=O)C(O)(c1ccccc1Cl)c1ccccc1Cl. The molecule has 2 aromatic carbocycles. The fourth-order valence-electron chi connectivity index (χ4n) is 2.44. The number of ketones is 1. The van der Waals surface area contributed by atoms with Gasteiger partial charge in [-0.05, 0) is 12.1 Å². The van der Waals surface area contributed by atoms with Crippen molar-refractivity contribution in [3.05, 3.63) is 69.7 Å². The van der Waals surface area contributed by atoms with Crippen LogP contribution in [0.3, 0.4) is 0 Å². The number of carbonyl (C=O) groups is 1. The number of carbonyl (C=O) groups excluding carboxylic acids is 1. The molecular formula is C18H18Cl2O2. The Morgan fingerprint density at radius 3 is 1.55 bits per heavy atom. The first kappa shape index (κ1) is 17.0. The lowest BCUT2D eigenvalue weighted by Crippen LogP contribution is -2.44. The van der Waals surface area contributed by atoms with Crippen molar-refractivity contribution in [3.63, 3.8) is 0 Å². The molecule has 0 spiro atoms. The lowest BCUT2D eigenvalue weighted by atomic mass is 9.73. The topological polar surface area (TPSA) is 37.3 Å². The average molecular weight is 337 g/mol. The maximum atomic E-state index is 13.0. The maximum absolute atomic E-state index is 13.0. The Hall–Kier alpha value is -1.35. The first-order chi connectivity index (χ1) is 10.2. The summed E-state index contributed by atoms with van der Waals surface area (Å²) in [5.74, 6) is -0.360. The van der Waals surface area contributed by atoms with Crippen molar-refractivity contribution in [1.82, 2.24) is 0 Å². The molecule has 0 atom stereocenters. The molecule has 116 valence electrons. The van der Waals surface area contributed by atoms with Crippen molar-refractivity contribution in [1.29, 1.82) is 0 Å². The first-order valence-electron chi connectivity index (χ1n) is 6.96. The molecule has 0 heterocycles. The van der Waals surface area contributed by atoms with Crippen LogP contribution in [0.25, 0.3) is 0 Å². The smallest absolute Gasteiger partial charge is 0.178 e. The summed E-state index contributed by atoms with van der Waals surface area (Å²) in [5.41, 5.74) is -1.99. The van der Waals surface area contributed by atoms with Gasteiger partial charge < -0.3 is 5.11 Å². The molecule has 0 bridgehead atoms. The summed E-state index contributed by atoms with van der Waals surface area (Å²) in [5, 5.41) is 12.0. The summed E-state index contributed by atoms with van der Waals surface area (Å²) in [6.07, 6.45) is 0. The van der Waals surface area contributed by atoms with Crippen molar-refractivity contribution in [2.75, 3.05) is 0 Å². The van der Waals surface area contributed by atoms with Gasteiger partial charge in [-0.1, -0.05) is 80.4 Å². The lowest BCUT2D eigenvalue weighted by molar-refractivity contribution is -0.142. The summed E-state index contributed by atoms with van der Waals surface area (Å²) in [7, 11) is 0. The van der Waals surface area contributed by atoms with E-state index in [0.29, 0.717) is 21.2 Å². The number of rotatable bonds is 3. The highest BCUT2D eigenvalue weighted by molar-refractivity contribution is 6.33. The molecule has 4 heteroatoms. The molecule has 0 aliphatic rings. The summed E-state index contributed by atoms with van der Waals surface area (Å²) >= 11 is 12.5. The second kappa shape index (κ2) is 6.04. The second-order valence-corrected chi connectivity index (χ2v) is 7.06. The predicted molar refractivity (Wildman–Crippen MR) is 90.4 cm³/mol. The quantitative estimate of drug-likeness (QED) is 0.870. The first-order valence-corrected chi connectivity index (χ1v) is 7.72. The predicted octanol–water partition coefficient (Wildman–Crippen LogP) is 4.84. The molecule has 0 aliphatic carbocycles. The van der Waals surface area contributed by atoms with Crippen LogP contribution in [0, 0.1) is 5.41 Å². The number of benzene rings is 2. The summed E-state index contributed by atoms with van der Waals surface area (Å²) in [6, 6.07) is 13.6. The largest absolute Gasteiger partial charge is 0.373 e. The molecule has 2 nitrogen and oxygen atoms in total. The van der Waals surface area contributed by atoms with E-state index in [1.54, 1.807) is 69.3 Å². The van der Waals surface area contributed by atoms with Gasteiger partial charge in [0.1, 0.15) is 0 Å². The number of Topliss-reactive ketones (excluding diaryl/α,β-unsaturated/α-hetero) is 1. The van der Waals surface area contributed by atoms with E-state index < -0.39 is 11.0 Å². The zero-order valence-corrected chi connectivity index (χ0v) is 14.2. The van der Waals surface area contributed by atoms with Crippen LogP contribution in [0.15, 0.2) is 48.5 Å². The van der Waals surface area contributed by atoms with E-state index in [9.17, 15) is 9.90 Å². The van der Waals surface area contributed by atoms with E-state index in [1.807, 2.05) is 0 Å². The Morgan fingerprint density at radius 2 is 1.23 bits per heavy atom. The fraction of sp³-hybridized carbons (Fsp3) is 0.278. The Labute approximate surface area is 140 Å². The Balaban J connectivity index is 2.79. The molecule has 2 rings (SSSR count). The minimum atomic E-state index is -1.89. The summed E-state index contributed by atoms with van der Waals surface area (Å²) in [4.78, 5) is 13.0. The van der Waals surface area contributed by atoms with Crippen LogP contribution in [0.4, 0.5) is 0 Å². The molecule has 22 heavy (non-hydrogen) atoms. The van der Waals surface area contributed by atoms with Crippen molar-refractivity contribution >= 4 is 29.0 Å². The third kappa shape index (κ3) is 2.91. The van der Waals surface area contributed by atoms with E-state index in [4.69, 9.17) is 23.2 Å². The number of hydrogen-bond donors (Lipinski definition) is 1. The van der Waals surface area contributed by atoms with Crippen LogP contribution in [0.5, 0.6) is 0 Å². The highest BCUT2D eigenvalue weighted by Crippen LogP contribution is 2.42. The van der Waals surface area contributed by atoms with Gasteiger partial charge in [-0.25, -0.2) is 0 Å². The number of hydrogen-bond acceptors (Lipinski definition) is 2. The van der Waals surface area contributed by atoms with E-state index >= 15 is 0 Å². The zero-order chi connectivity index (χ0) is 16.5. The van der Waals surface area contributed by atoms with Crippen molar-refractivity contribution in [3.8, 4) is 0 Å². The third-order valence-electron chi connectivity index (χ3n) is 3.54. The van der Waals surface area contributed by atoms with Gasteiger partial charge >= 0.3 is 0 Å². The van der Waals surface area contributed by atoms with Crippen LogP contribution >= 0.6 is 23.2 Å². The molecular weight excluding hydrogens is 319 g/mol. The molecule has 0 fully saturated rings. The van der Waals surface area contributed by atoms with Gasteiger partial charge in [0, 0.05) is 26.6 Å². The van der Waals surface area contributed by atoms with Crippen LogP contribution in [-0.2, 0) is 10.4 Å². The molecule has 0 unspecified atom stereocenters. The average Bonchev–Trinajstić information content (AvgIpc) is 2.45. The number of halogens is 2. The molecule has 0 aliphatic heterocycles. The molecule has 0 radical (unpaired) electrons. The van der Waals surface area contributed by atoms with Crippen LogP contribution in [-0.4, -0.2) is 10.9 Å². The summed E-state index contributed by atoms with van der Waals surface area (Å²) in [6.45, 7) is 5.27. The van der Waals surface area contributed by atoms with Crippen LogP contribution in [0.1, 0.15) is 31.9 Å². The summed E-state index contributed by atoms with van der Waals surface area (Å²) < 4.78 is 0. The maximum Gasteiger partial charge on any atom is 0.178 e. The monoisotopic (exact) mass is 336 g/mol. The molecule has 0 aromatic heterocycles. The lowest BCUT2D eigenvalue weighted by Gasteiger charge is -2.34. The minimum Gasteiger partial charge on any atom is -0.373 e. The van der Waals surface area contributed by atoms with Gasteiger partial charge in [0.15, 0.2) is 11.4 Å².